The average molecular weight is 314 g/mol. The van der Waals surface area contributed by atoms with E-state index in [1.165, 1.54) is 6.26 Å². The fraction of sp³-hybridized carbons (Fsp3) is 0. The van der Waals surface area contributed by atoms with Crippen molar-refractivity contribution in [1.29, 1.82) is 0 Å². The lowest BCUT2D eigenvalue weighted by molar-refractivity contribution is 0.0996. The first-order valence-electron chi connectivity index (χ1n) is 7.61. The van der Waals surface area contributed by atoms with Crippen LogP contribution in [0.2, 0.25) is 0 Å². The molecular weight excluding hydrogens is 300 g/mol. The van der Waals surface area contributed by atoms with Crippen molar-refractivity contribution in [1.82, 2.24) is 4.98 Å². The van der Waals surface area contributed by atoms with Gasteiger partial charge in [-0.1, -0.05) is 36.4 Å². The predicted octanol–water partition coefficient (Wildman–Crippen LogP) is 4.75. The maximum atomic E-state index is 12.0. The van der Waals surface area contributed by atoms with Crippen LogP contribution >= 0.6 is 0 Å². The zero-order valence-corrected chi connectivity index (χ0v) is 12.8. The molecule has 2 aromatic heterocycles. The Morgan fingerprint density at radius 3 is 2.50 bits per heavy atom. The van der Waals surface area contributed by atoms with Gasteiger partial charge in [0, 0.05) is 16.6 Å². The fourth-order valence-corrected chi connectivity index (χ4v) is 2.55. The molecule has 4 aromatic rings. The molecule has 0 atom stereocenters. The van der Waals surface area contributed by atoms with Crippen molar-refractivity contribution < 1.29 is 9.21 Å². The van der Waals surface area contributed by atoms with Crippen LogP contribution in [0.25, 0.3) is 22.2 Å². The number of benzene rings is 2. The number of rotatable bonds is 3. The molecule has 0 saturated heterocycles. The largest absolute Gasteiger partial charge is 0.459 e. The maximum absolute atomic E-state index is 12.0. The Balaban J connectivity index is 1.57. The van der Waals surface area contributed by atoms with Gasteiger partial charge in [0.2, 0.25) is 0 Å². The van der Waals surface area contributed by atoms with Crippen LogP contribution in [0.5, 0.6) is 0 Å². The summed E-state index contributed by atoms with van der Waals surface area (Å²) in [6.45, 7) is 0. The van der Waals surface area contributed by atoms with Gasteiger partial charge in [0.15, 0.2) is 5.76 Å². The average Bonchev–Trinajstić information content (AvgIpc) is 3.17. The van der Waals surface area contributed by atoms with E-state index in [1.54, 1.807) is 12.1 Å². The quantitative estimate of drug-likeness (QED) is 0.594. The van der Waals surface area contributed by atoms with E-state index in [9.17, 15) is 4.79 Å². The summed E-state index contributed by atoms with van der Waals surface area (Å²) >= 11 is 0. The number of pyridine rings is 1. The molecule has 116 valence electrons. The summed E-state index contributed by atoms with van der Waals surface area (Å²) in [6.07, 6.45) is 1.48. The van der Waals surface area contributed by atoms with Crippen molar-refractivity contribution in [3.63, 3.8) is 0 Å². The molecule has 0 aliphatic heterocycles. The zero-order valence-electron chi connectivity index (χ0n) is 12.8. The molecular formula is C20H14N2O2. The van der Waals surface area contributed by atoms with Crippen LogP contribution < -0.4 is 5.32 Å². The minimum atomic E-state index is -0.267. The number of aromatic nitrogens is 1. The molecule has 24 heavy (non-hydrogen) atoms. The molecule has 0 saturated carbocycles. The predicted molar refractivity (Wildman–Crippen MR) is 93.8 cm³/mol. The number of furan rings is 1. The lowest BCUT2D eigenvalue weighted by Crippen LogP contribution is -2.10. The normalized spacial score (nSPS) is 10.7. The Morgan fingerprint density at radius 2 is 1.71 bits per heavy atom. The van der Waals surface area contributed by atoms with Gasteiger partial charge in [0.05, 0.1) is 17.5 Å². The second kappa shape index (κ2) is 6.01. The minimum absolute atomic E-state index is 0.267. The van der Waals surface area contributed by atoms with E-state index < -0.39 is 0 Å². The summed E-state index contributed by atoms with van der Waals surface area (Å²) in [5.74, 6) is 0.0202. The van der Waals surface area contributed by atoms with Crippen LogP contribution in [0.15, 0.2) is 83.5 Å². The summed E-state index contributed by atoms with van der Waals surface area (Å²) in [5, 5.41) is 3.91. The topological polar surface area (TPSA) is 55.1 Å². The number of nitrogens with one attached hydrogen (secondary N) is 1. The van der Waals surface area contributed by atoms with Crippen LogP contribution in [-0.2, 0) is 0 Å². The standard InChI is InChI=1S/C20H14N2O2/c23-20(19-6-3-13-24-19)21-16-10-7-15(8-11-16)18-12-9-14-4-1-2-5-17(14)22-18/h1-13H,(H,21,23). The Hall–Kier alpha value is -3.40. The number of hydrogen-bond donors (Lipinski definition) is 1. The highest BCUT2D eigenvalue weighted by atomic mass is 16.3. The third-order valence-corrected chi connectivity index (χ3v) is 3.78. The number of carbonyl (C=O) groups is 1. The molecule has 2 aromatic carbocycles. The van der Waals surface area contributed by atoms with Gasteiger partial charge < -0.3 is 9.73 Å². The van der Waals surface area contributed by atoms with Crippen molar-refractivity contribution >= 4 is 22.5 Å². The van der Waals surface area contributed by atoms with Crippen molar-refractivity contribution in [2.75, 3.05) is 5.32 Å². The molecule has 4 rings (SSSR count). The van der Waals surface area contributed by atoms with E-state index in [4.69, 9.17) is 4.42 Å². The number of fused-ring (bicyclic) bond motifs is 1. The lowest BCUT2D eigenvalue weighted by Gasteiger charge is -2.06. The van der Waals surface area contributed by atoms with Gasteiger partial charge in [-0.2, -0.15) is 0 Å². The first-order valence-corrected chi connectivity index (χ1v) is 7.61. The van der Waals surface area contributed by atoms with Gasteiger partial charge in [-0.15, -0.1) is 0 Å². The molecule has 1 amide bonds. The first-order chi connectivity index (χ1) is 11.8. The second-order valence-corrected chi connectivity index (χ2v) is 5.40. The van der Waals surface area contributed by atoms with E-state index in [1.807, 2.05) is 54.6 Å². The third kappa shape index (κ3) is 2.77. The number of carbonyl (C=O) groups excluding carboxylic acids is 1. The summed E-state index contributed by atoms with van der Waals surface area (Å²) in [7, 11) is 0. The number of hydrogen-bond acceptors (Lipinski definition) is 3. The highest BCUT2D eigenvalue weighted by Crippen LogP contribution is 2.22. The highest BCUT2D eigenvalue weighted by Gasteiger charge is 2.09. The molecule has 1 N–H and O–H groups in total. The minimum Gasteiger partial charge on any atom is -0.459 e. The van der Waals surface area contributed by atoms with Crippen LogP contribution in [0.3, 0.4) is 0 Å². The van der Waals surface area contributed by atoms with Crippen molar-refractivity contribution in [3.8, 4) is 11.3 Å². The van der Waals surface area contributed by atoms with Gasteiger partial charge in [-0.3, -0.25) is 4.79 Å². The van der Waals surface area contributed by atoms with Crippen molar-refractivity contribution in [3.05, 3.63) is 84.8 Å². The summed E-state index contributed by atoms with van der Waals surface area (Å²) in [4.78, 5) is 16.6. The number of para-hydroxylation sites is 1. The van der Waals surface area contributed by atoms with E-state index in [-0.39, 0.29) is 11.7 Å². The summed E-state index contributed by atoms with van der Waals surface area (Å²) in [5.41, 5.74) is 3.57. The van der Waals surface area contributed by atoms with E-state index in [2.05, 4.69) is 16.4 Å². The molecule has 0 aliphatic rings. The van der Waals surface area contributed by atoms with Crippen LogP contribution in [0.4, 0.5) is 5.69 Å². The van der Waals surface area contributed by atoms with E-state index >= 15 is 0 Å². The molecule has 0 aliphatic carbocycles. The Kier molecular flexibility index (Phi) is 3.56. The van der Waals surface area contributed by atoms with Crippen molar-refractivity contribution in [2.24, 2.45) is 0 Å². The van der Waals surface area contributed by atoms with Crippen LogP contribution in [0.1, 0.15) is 10.6 Å². The lowest BCUT2D eigenvalue weighted by atomic mass is 10.1. The maximum Gasteiger partial charge on any atom is 0.291 e. The van der Waals surface area contributed by atoms with Gasteiger partial charge in [0.1, 0.15) is 0 Å². The van der Waals surface area contributed by atoms with Crippen LogP contribution in [0, 0.1) is 0 Å². The molecule has 4 heteroatoms. The number of nitrogens with zero attached hydrogens (tertiary/aromatic N) is 1. The summed E-state index contributed by atoms with van der Waals surface area (Å²) in [6, 6.07) is 23.0. The SMILES string of the molecule is O=C(Nc1ccc(-c2ccc3ccccc3n2)cc1)c1ccco1. The van der Waals surface area contributed by atoms with Gasteiger partial charge in [-0.25, -0.2) is 4.98 Å². The molecule has 2 heterocycles. The molecule has 0 bridgehead atoms. The molecule has 0 fully saturated rings. The van der Waals surface area contributed by atoms with E-state index in [0.29, 0.717) is 5.69 Å². The summed E-state index contributed by atoms with van der Waals surface area (Å²) < 4.78 is 5.08. The second-order valence-electron chi connectivity index (χ2n) is 5.40. The Bertz CT molecular complexity index is 990. The number of anilines is 1. The van der Waals surface area contributed by atoms with Gasteiger partial charge in [-0.05, 0) is 36.4 Å². The Morgan fingerprint density at radius 1 is 0.875 bits per heavy atom. The zero-order chi connectivity index (χ0) is 16.4. The third-order valence-electron chi connectivity index (χ3n) is 3.78. The molecule has 0 radical (unpaired) electrons. The monoisotopic (exact) mass is 314 g/mol. The first kappa shape index (κ1) is 14.2. The number of amides is 1. The Labute approximate surface area is 138 Å². The smallest absolute Gasteiger partial charge is 0.291 e. The van der Waals surface area contributed by atoms with Crippen LogP contribution in [-0.4, -0.2) is 10.9 Å². The van der Waals surface area contributed by atoms with Gasteiger partial charge in [0.25, 0.3) is 5.91 Å². The fourth-order valence-electron chi connectivity index (χ4n) is 2.55. The van der Waals surface area contributed by atoms with Crippen molar-refractivity contribution in [2.45, 2.75) is 0 Å². The molecule has 4 nitrogen and oxygen atoms in total. The van der Waals surface area contributed by atoms with E-state index in [0.717, 1.165) is 22.2 Å². The van der Waals surface area contributed by atoms with Gasteiger partial charge >= 0.3 is 0 Å². The molecule has 0 unspecified atom stereocenters. The highest BCUT2D eigenvalue weighted by molar-refractivity contribution is 6.02. The molecule has 0 spiro atoms.